The normalized spacial score (nSPS) is 26.5. The molecule has 1 atom stereocenters. The van der Waals surface area contributed by atoms with E-state index in [9.17, 15) is 0 Å². The van der Waals surface area contributed by atoms with Crippen LogP contribution in [0.4, 0.5) is 0 Å². The molecule has 3 nitrogen and oxygen atoms in total. The van der Waals surface area contributed by atoms with Crippen LogP contribution in [0.2, 0.25) is 0 Å². The fourth-order valence-electron chi connectivity index (χ4n) is 3.28. The quantitative estimate of drug-likeness (QED) is 0.845. The Morgan fingerprint density at radius 3 is 2.55 bits per heavy atom. The molecule has 0 amide bonds. The van der Waals surface area contributed by atoms with Crippen molar-refractivity contribution in [1.82, 2.24) is 9.78 Å². The van der Waals surface area contributed by atoms with E-state index in [2.05, 4.69) is 41.8 Å². The maximum atomic E-state index is 6.74. The van der Waals surface area contributed by atoms with E-state index in [0.29, 0.717) is 5.41 Å². The van der Waals surface area contributed by atoms with Crippen molar-refractivity contribution < 1.29 is 0 Å². The molecule has 114 valence electrons. The summed E-state index contributed by atoms with van der Waals surface area (Å²) in [5.41, 5.74) is 9.50. The van der Waals surface area contributed by atoms with Gasteiger partial charge in [0.1, 0.15) is 0 Å². The molecule has 0 bridgehead atoms. The summed E-state index contributed by atoms with van der Waals surface area (Å²) in [6, 6.07) is 0. The van der Waals surface area contributed by atoms with Crippen LogP contribution in [0.3, 0.4) is 0 Å². The lowest BCUT2D eigenvalue weighted by atomic mass is 9.82. The minimum atomic E-state index is -0.0743. The van der Waals surface area contributed by atoms with E-state index in [0.717, 1.165) is 35.8 Å². The number of nitrogens with two attached hydrogens (primary N) is 1. The van der Waals surface area contributed by atoms with Crippen molar-refractivity contribution >= 4 is 15.9 Å². The molecule has 2 rings (SSSR count). The third-order valence-electron chi connectivity index (χ3n) is 4.85. The molecule has 0 radical (unpaired) electrons. The average molecular weight is 342 g/mol. The predicted molar refractivity (Wildman–Crippen MR) is 87.8 cm³/mol. The highest BCUT2D eigenvalue weighted by atomic mass is 79.9. The summed E-state index contributed by atoms with van der Waals surface area (Å²) in [5.74, 6) is 0. The van der Waals surface area contributed by atoms with Crippen LogP contribution >= 0.6 is 15.9 Å². The lowest BCUT2D eigenvalue weighted by Gasteiger charge is -2.29. The lowest BCUT2D eigenvalue weighted by Crippen LogP contribution is -2.42. The zero-order chi connectivity index (χ0) is 15.0. The fraction of sp³-hybridized carbons (Fsp3) is 0.812. The number of rotatable bonds is 3. The maximum Gasteiger partial charge on any atom is 0.0766 e. The Morgan fingerprint density at radius 2 is 1.95 bits per heavy atom. The van der Waals surface area contributed by atoms with Crippen LogP contribution in [0.5, 0.6) is 0 Å². The second-order valence-electron chi connectivity index (χ2n) is 7.24. The molecule has 0 aliphatic heterocycles. The van der Waals surface area contributed by atoms with Crippen LogP contribution in [0.25, 0.3) is 0 Å². The molecule has 1 aromatic heterocycles. The molecule has 0 saturated heterocycles. The Labute approximate surface area is 131 Å². The monoisotopic (exact) mass is 341 g/mol. The van der Waals surface area contributed by atoms with Gasteiger partial charge in [0.25, 0.3) is 0 Å². The molecule has 1 heterocycles. The topological polar surface area (TPSA) is 43.8 Å². The van der Waals surface area contributed by atoms with Crippen LogP contribution in [0.15, 0.2) is 4.47 Å². The molecule has 1 fully saturated rings. The lowest BCUT2D eigenvalue weighted by molar-refractivity contribution is 0.295. The second-order valence-corrected chi connectivity index (χ2v) is 8.03. The first kappa shape index (κ1) is 16.0. The van der Waals surface area contributed by atoms with Crippen molar-refractivity contribution in [1.29, 1.82) is 0 Å². The summed E-state index contributed by atoms with van der Waals surface area (Å²) >= 11 is 3.72. The Hall–Kier alpha value is -0.350. The molecule has 4 heteroatoms. The molecule has 1 unspecified atom stereocenters. The van der Waals surface area contributed by atoms with Crippen molar-refractivity contribution in [3.63, 3.8) is 0 Å². The Morgan fingerprint density at radius 1 is 1.25 bits per heavy atom. The standard InChI is InChI=1S/C16H28BrN3/c1-5-12-14(17)13(20(4)19-12)11-16(18)8-6-7-15(2,3)9-10-16/h5-11,18H2,1-4H3. The van der Waals surface area contributed by atoms with Crippen LogP contribution < -0.4 is 5.73 Å². The van der Waals surface area contributed by atoms with E-state index in [4.69, 9.17) is 5.73 Å². The summed E-state index contributed by atoms with van der Waals surface area (Å²) in [6.07, 6.45) is 7.86. The first-order chi connectivity index (χ1) is 9.26. The van der Waals surface area contributed by atoms with Crippen LogP contribution in [0.1, 0.15) is 64.3 Å². The van der Waals surface area contributed by atoms with Crippen molar-refractivity contribution in [2.45, 2.75) is 71.3 Å². The third-order valence-corrected chi connectivity index (χ3v) is 5.77. The zero-order valence-electron chi connectivity index (χ0n) is 13.3. The smallest absolute Gasteiger partial charge is 0.0766 e. The van der Waals surface area contributed by atoms with Crippen LogP contribution in [-0.4, -0.2) is 15.3 Å². The van der Waals surface area contributed by atoms with Gasteiger partial charge in [0.05, 0.1) is 15.9 Å². The number of hydrogen-bond acceptors (Lipinski definition) is 2. The van der Waals surface area contributed by atoms with Gasteiger partial charge < -0.3 is 5.73 Å². The minimum absolute atomic E-state index is 0.0743. The number of aromatic nitrogens is 2. The van der Waals surface area contributed by atoms with Gasteiger partial charge in [0, 0.05) is 19.0 Å². The Balaban J connectivity index is 2.18. The predicted octanol–water partition coefficient (Wildman–Crippen LogP) is 3.98. The molecule has 0 spiro atoms. The van der Waals surface area contributed by atoms with E-state index in [1.807, 2.05) is 11.7 Å². The van der Waals surface area contributed by atoms with E-state index in [1.165, 1.54) is 25.0 Å². The van der Waals surface area contributed by atoms with Crippen molar-refractivity contribution in [2.75, 3.05) is 0 Å². The third kappa shape index (κ3) is 3.45. The minimum Gasteiger partial charge on any atom is -0.325 e. The largest absolute Gasteiger partial charge is 0.325 e. The van der Waals surface area contributed by atoms with Gasteiger partial charge in [-0.2, -0.15) is 5.10 Å². The van der Waals surface area contributed by atoms with Gasteiger partial charge in [-0.05, 0) is 53.4 Å². The Bertz CT molecular complexity index is 478. The number of aryl methyl sites for hydroxylation is 2. The van der Waals surface area contributed by atoms with Crippen molar-refractivity contribution in [3.05, 3.63) is 15.9 Å². The highest BCUT2D eigenvalue weighted by Crippen LogP contribution is 2.39. The van der Waals surface area contributed by atoms with Crippen LogP contribution in [-0.2, 0) is 19.9 Å². The van der Waals surface area contributed by atoms with Gasteiger partial charge in [-0.3, -0.25) is 4.68 Å². The molecule has 2 N–H and O–H groups in total. The average Bonchev–Trinajstić information content (AvgIpc) is 2.54. The number of hydrogen-bond donors (Lipinski definition) is 1. The summed E-state index contributed by atoms with van der Waals surface area (Å²) in [6.45, 7) is 6.88. The highest BCUT2D eigenvalue weighted by molar-refractivity contribution is 9.10. The summed E-state index contributed by atoms with van der Waals surface area (Å²) in [5, 5.41) is 4.59. The molecule has 1 aromatic rings. The summed E-state index contributed by atoms with van der Waals surface area (Å²) < 4.78 is 3.17. The molecule has 0 aromatic carbocycles. The van der Waals surface area contributed by atoms with Crippen molar-refractivity contribution in [2.24, 2.45) is 18.2 Å². The maximum absolute atomic E-state index is 6.74. The Kier molecular flexibility index (Phi) is 4.65. The first-order valence-corrected chi connectivity index (χ1v) is 8.55. The van der Waals surface area contributed by atoms with Gasteiger partial charge in [-0.25, -0.2) is 0 Å². The fourth-order valence-corrected chi connectivity index (χ4v) is 4.03. The van der Waals surface area contributed by atoms with E-state index < -0.39 is 0 Å². The highest BCUT2D eigenvalue weighted by Gasteiger charge is 2.34. The molecule has 1 aliphatic rings. The van der Waals surface area contributed by atoms with E-state index in [-0.39, 0.29) is 5.54 Å². The molecular weight excluding hydrogens is 314 g/mol. The van der Waals surface area contributed by atoms with Gasteiger partial charge >= 0.3 is 0 Å². The second kappa shape index (κ2) is 5.80. The number of nitrogens with zero attached hydrogens (tertiary/aromatic N) is 2. The molecule has 1 aliphatic carbocycles. The molecule has 20 heavy (non-hydrogen) atoms. The van der Waals surface area contributed by atoms with Gasteiger partial charge in [0.2, 0.25) is 0 Å². The SMILES string of the molecule is CCc1nn(C)c(CC2(N)CCCC(C)(C)CC2)c1Br. The van der Waals surface area contributed by atoms with Gasteiger partial charge in [-0.15, -0.1) is 0 Å². The molecule has 1 saturated carbocycles. The van der Waals surface area contributed by atoms with E-state index >= 15 is 0 Å². The number of halogens is 1. The van der Waals surface area contributed by atoms with Gasteiger partial charge in [0.15, 0.2) is 0 Å². The van der Waals surface area contributed by atoms with Crippen molar-refractivity contribution in [3.8, 4) is 0 Å². The van der Waals surface area contributed by atoms with Gasteiger partial charge in [-0.1, -0.05) is 27.2 Å². The summed E-state index contributed by atoms with van der Waals surface area (Å²) in [7, 11) is 2.03. The summed E-state index contributed by atoms with van der Waals surface area (Å²) in [4.78, 5) is 0. The first-order valence-electron chi connectivity index (χ1n) is 7.75. The zero-order valence-corrected chi connectivity index (χ0v) is 14.9. The van der Waals surface area contributed by atoms with E-state index in [1.54, 1.807) is 0 Å². The van der Waals surface area contributed by atoms with Crippen LogP contribution in [0, 0.1) is 5.41 Å². The molecular formula is C16H28BrN3.